The molecule has 18 heavy (non-hydrogen) atoms. The van der Waals surface area contributed by atoms with Crippen molar-refractivity contribution in [2.75, 3.05) is 7.11 Å². The van der Waals surface area contributed by atoms with Crippen LogP contribution in [-0.4, -0.2) is 12.7 Å². The minimum absolute atomic E-state index is 0.224. The molecule has 0 N–H and O–H groups in total. The van der Waals surface area contributed by atoms with Gasteiger partial charge in [0.1, 0.15) is 0 Å². The lowest BCUT2D eigenvalue weighted by Crippen LogP contribution is -2.48. The Labute approximate surface area is 109 Å². The van der Waals surface area contributed by atoms with Crippen LogP contribution in [-0.2, 0) is 4.74 Å². The van der Waals surface area contributed by atoms with Gasteiger partial charge in [0.25, 0.3) is 0 Å². The molecule has 0 radical (unpaired) electrons. The van der Waals surface area contributed by atoms with Crippen molar-refractivity contribution in [3.05, 3.63) is 35.4 Å². The molecule has 5 rings (SSSR count). The molecular formula is C17H20O. The minimum atomic E-state index is 0.224. The molecule has 0 unspecified atom stereocenters. The van der Waals surface area contributed by atoms with Gasteiger partial charge < -0.3 is 4.74 Å². The highest BCUT2D eigenvalue weighted by Crippen LogP contribution is 2.74. The van der Waals surface area contributed by atoms with Gasteiger partial charge in [0.2, 0.25) is 0 Å². The van der Waals surface area contributed by atoms with Crippen molar-refractivity contribution in [1.29, 1.82) is 0 Å². The lowest BCUT2D eigenvalue weighted by Gasteiger charge is -2.46. The highest BCUT2D eigenvalue weighted by atomic mass is 16.5. The SMILES string of the molecule is CO[C@]12[C@H]3CC[C@@H](C3)[C@@H]1[C@@H]1C[C@@H]2c2ccccc21. The number of benzene rings is 1. The van der Waals surface area contributed by atoms with Crippen molar-refractivity contribution in [2.45, 2.75) is 43.1 Å². The van der Waals surface area contributed by atoms with Gasteiger partial charge in [0, 0.05) is 13.0 Å². The molecule has 1 aromatic carbocycles. The largest absolute Gasteiger partial charge is 0.377 e. The van der Waals surface area contributed by atoms with Crippen LogP contribution in [0.25, 0.3) is 0 Å². The van der Waals surface area contributed by atoms with Gasteiger partial charge in [-0.1, -0.05) is 24.3 Å². The monoisotopic (exact) mass is 240 g/mol. The Bertz CT molecular complexity index is 522. The molecule has 1 aromatic rings. The molecule has 4 aliphatic rings. The molecular weight excluding hydrogens is 220 g/mol. The predicted octanol–water partition coefficient (Wildman–Crippen LogP) is 3.70. The predicted molar refractivity (Wildman–Crippen MR) is 70.6 cm³/mol. The molecule has 0 heterocycles. The quantitative estimate of drug-likeness (QED) is 0.680. The van der Waals surface area contributed by atoms with E-state index in [9.17, 15) is 0 Å². The summed E-state index contributed by atoms with van der Waals surface area (Å²) in [6.07, 6.45) is 5.69. The molecule has 1 nitrogen and oxygen atoms in total. The second kappa shape index (κ2) is 3.01. The fourth-order valence-electron chi connectivity index (χ4n) is 6.44. The number of fused-ring (bicyclic) bond motifs is 12. The Balaban J connectivity index is 1.75. The smallest absolute Gasteiger partial charge is 0.0811 e. The molecule has 94 valence electrons. The van der Waals surface area contributed by atoms with Gasteiger partial charge in [0.05, 0.1) is 5.60 Å². The van der Waals surface area contributed by atoms with E-state index in [1.807, 2.05) is 7.11 Å². The zero-order chi connectivity index (χ0) is 11.9. The van der Waals surface area contributed by atoms with E-state index in [1.165, 1.54) is 25.7 Å². The standard InChI is InChI=1S/C17H20O/c1-18-17-11-7-6-10(8-11)16(17)14-9-15(17)13-5-3-2-4-12(13)14/h2-5,10-11,14-16H,6-9H2,1H3/t10-,11-,14+,15+,16+,17-/m0/s1. The van der Waals surface area contributed by atoms with Crippen molar-refractivity contribution < 1.29 is 4.74 Å². The molecule has 0 amide bonds. The van der Waals surface area contributed by atoms with Gasteiger partial charge in [-0.05, 0) is 60.5 Å². The van der Waals surface area contributed by atoms with E-state index in [2.05, 4.69) is 24.3 Å². The second-order valence-corrected chi connectivity index (χ2v) is 6.88. The zero-order valence-electron chi connectivity index (χ0n) is 10.9. The summed E-state index contributed by atoms with van der Waals surface area (Å²) in [5.41, 5.74) is 3.50. The van der Waals surface area contributed by atoms with Crippen LogP contribution in [0.15, 0.2) is 24.3 Å². The van der Waals surface area contributed by atoms with Crippen LogP contribution in [0.2, 0.25) is 0 Å². The summed E-state index contributed by atoms with van der Waals surface area (Å²) in [5, 5.41) is 0. The molecule has 3 saturated carbocycles. The number of rotatable bonds is 1. The third-order valence-corrected chi connectivity index (χ3v) is 6.73. The van der Waals surface area contributed by atoms with Crippen molar-refractivity contribution in [3.8, 4) is 0 Å². The van der Waals surface area contributed by atoms with Gasteiger partial charge in [-0.2, -0.15) is 0 Å². The third kappa shape index (κ3) is 0.843. The molecule has 0 aliphatic heterocycles. The normalized spacial score (nSPS) is 50.6. The second-order valence-electron chi connectivity index (χ2n) is 6.88. The first-order chi connectivity index (χ1) is 8.86. The fourth-order valence-corrected chi connectivity index (χ4v) is 6.44. The molecule has 6 atom stereocenters. The fraction of sp³-hybridized carbons (Fsp3) is 0.647. The van der Waals surface area contributed by atoms with E-state index in [-0.39, 0.29) is 5.60 Å². The van der Waals surface area contributed by atoms with Gasteiger partial charge in [-0.3, -0.25) is 0 Å². The van der Waals surface area contributed by atoms with Crippen LogP contribution < -0.4 is 0 Å². The van der Waals surface area contributed by atoms with E-state index >= 15 is 0 Å². The summed E-state index contributed by atoms with van der Waals surface area (Å²) in [7, 11) is 1.98. The van der Waals surface area contributed by atoms with Crippen LogP contribution in [0.1, 0.15) is 48.6 Å². The maximum absolute atomic E-state index is 6.25. The van der Waals surface area contributed by atoms with Crippen LogP contribution in [0.4, 0.5) is 0 Å². The lowest BCUT2D eigenvalue weighted by molar-refractivity contribution is -0.0949. The summed E-state index contributed by atoms with van der Waals surface area (Å²) < 4.78 is 6.25. The Morgan fingerprint density at radius 1 is 1.11 bits per heavy atom. The Morgan fingerprint density at radius 3 is 2.78 bits per heavy atom. The molecule has 0 saturated heterocycles. The topological polar surface area (TPSA) is 9.23 Å². The van der Waals surface area contributed by atoms with E-state index in [1.54, 1.807) is 11.1 Å². The molecule has 0 spiro atoms. The van der Waals surface area contributed by atoms with Gasteiger partial charge in [0.15, 0.2) is 0 Å². The number of hydrogen-bond acceptors (Lipinski definition) is 1. The average Bonchev–Trinajstić information content (AvgIpc) is 3.15. The number of hydrogen-bond donors (Lipinski definition) is 0. The summed E-state index contributed by atoms with van der Waals surface area (Å²) in [6.45, 7) is 0. The lowest BCUT2D eigenvalue weighted by atomic mass is 9.65. The summed E-state index contributed by atoms with van der Waals surface area (Å²) in [4.78, 5) is 0. The third-order valence-electron chi connectivity index (χ3n) is 6.73. The van der Waals surface area contributed by atoms with Crippen LogP contribution in [0.5, 0.6) is 0 Å². The van der Waals surface area contributed by atoms with Crippen molar-refractivity contribution >= 4 is 0 Å². The summed E-state index contributed by atoms with van der Waals surface area (Å²) >= 11 is 0. The molecule has 3 fully saturated rings. The zero-order valence-corrected chi connectivity index (χ0v) is 10.9. The van der Waals surface area contributed by atoms with Crippen molar-refractivity contribution in [2.24, 2.45) is 17.8 Å². The van der Waals surface area contributed by atoms with E-state index in [4.69, 9.17) is 4.74 Å². The molecule has 0 aromatic heterocycles. The molecule has 1 heteroatoms. The van der Waals surface area contributed by atoms with Gasteiger partial charge in [-0.25, -0.2) is 0 Å². The first-order valence-electron chi connectivity index (χ1n) is 7.50. The van der Waals surface area contributed by atoms with E-state index in [0.717, 1.165) is 23.7 Å². The first-order valence-corrected chi connectivity index (χ1v) is 7.50. The van der Waals surface area contributed by atoms with Gasteiger partial charge >= 0.3 is 0 Å². The van der Waals surface area contributed by atoms with Crippen LogP contribution >= 0.6 is 0 Å². The van der Waals surface area contributed by atoms with Crippen LogP contribution in [0.3, 0.4) is 0 Å². The maximum atomic E-state index is 6.25. The Kier molecular flexibility index (Phi) is 1.68. The summed E-state index contributed by atoms with van der Waals surface area (Å²) in [5.74, 6) is 4.14. The Morgan fingerprint density at radius 2 is 1.94 bits per heavy atom. The van der Waals surface area contributed by atoms with Gasteiger partial charge in [-0.15, -0.1) is 0 Å². The average molecular weight is 240 g/mol. The highest BCUT2D eigenvalue weighted by molar-refractivity contribution is 5.48. The van der Waals surface area contributed by atoms with E-state index < -0.39 is 0 Å². The van der Waals surface area contributed by atoms with Crippen molar-refractivity contribution in [1.82, 2.24) is 0 Å². The Hall–Kier alpha value is -0.820. The number of ether oxygens (including phenoxy) is 1. The van der Waals surface area contributed by atoms with Crippen LogP contribution in [0, 0.1) is 17.8 Å². The van der Waals surface area contributed by atoms with Crippen molar-refractivity contribution in [3.63, 3.8) is 0 Å². The maximum Gasteiger partial charge on any atom is 0.0811 e. The first kappa shape index (κ1) is 10.0. The number of methoxy groups -OCH3 is 1. The van der Waals surface area contributed by atoms with E-state index in [0.29, 0.717) is 5.92 Å². The highest BCUT2D eigenvalue weighted by Gasteiger charge is 2.70. The summed E-state index contributed by atoms with van der Waals surface area (Å²) in [6, 6.07) is 9.18. The molecule has 4 bridgehead atoms. The molecule has 4 aliphatic carbocycles. The minimum Gasteiger partial charge on any atom is -0.377 e.